The van der Waals surface area contributed by atoms with Gasteiger partial charge in [0.05, 0.1) is 3.79 Å². The normalized spacial score (nSPS) is 9.43. The molecule has 0 aliphatic heterocycles. The Labute approximate surface area is 68.2 Å². The fraction of sp³-hybridized carbons (Fsp3) is 0. The van der Waals surface area contributed by atoms with Gasteiger partial charge < -0.3 is 0 Å². The Morgan fingerprint density at radius 1 is 1.71 bits per heavy atom. The van der Waals surface area contributed by atoms with Crippen molar-refractivity contribution in [2.24, 2.45) is 0 Å². The van der Waals surface area contributed by atoms with E-state index in [1.54, 1.807) is 11.3 Å². The van der Waals surface area contributed by atoms with Gasteiger partial charge in [0.15, 0.2) is 0 Å². The van der Waals surface area contributed by atoms with Crippen molar-refractivity contribution < 1.29 is 0 Å². The molecule has 0 atom stereocenters. The van der Waals surface area contributed by atoms with E-state index in [2.05, 4.69) is 50.0 Å². The first-order valence-corrected chi connectivity index (χ1v) is 4.44. The predicted octanol–water partition coefficient (Wildman–Crippen LogP) is 3.12. The first kappa shape index (κ1) is 6.04. The van der Waals surface area contributed by atoms with Crippen molar-refractivity contribution in [2.75, 3.05) is 0 Å². The summed E-state index contributed by atoms with van der Waals surface area (Å²) in [7, 11) is 0. The van der Waals surface area contributed by atoms with Gasteiger partial charge in [0.1, 0.15) is 0 Å². The molecule has 7 heavy (non-hydrogen) atoms. The summed E-state index contributed by atoms with van der Waals surface area (Å²) in [5.74, 6) is 0. The highest BCUT2D eigenvalue weighted by Gasteiger charge is 1.87. The summed E-state index contributed by atoms with van der Waals surface area (Å²) >= 11 is 7.34. The zero-order valence-corrected chi connectivity index (χ0v) is 7.88. The van der Waals surface area contributed by atoms with Crippen LogP contribution < -0.4 is 0 Å². The van der Waals surface area contributed by atoms with E-state index in [0.29, 0.717) is 0 Å². The lowest BCUT2D eigenvalue weighted by Gasteiger charge is -1.66. The molecule has 0 radical (unpaired) electrons. The summed E-state index contributed by atoms with van der Waals surface area (Å²) in [4.78, 5) is 0. The number of halogens is 2. The molecule has 0 aliphatic rings. The fourth-order valence-corrected chi connectivity index (χ4v) is 2.64. The van der Waals surface area contributed by atoms with Gasteiger partial charge >= 0.3 is 0 Å². The lowest BCUT2D eigenvalue weighted by Crippen LogP contribution is -1.46. The smallest absolute Gasteiger partial charge is 0.0709 e. The molecule has 0 saturated carbocycles. The van der Waals surface area contributed by atoms with E-state index < -0.39 is 0 Å². The molecule has 1 rings (SSSR count). The second kappa shape index (κ2) is 2.46. The zero-order valence-electron chi connectivity index (χ0n) is 3.32. The summed E-state index contributed by atoms with van der Waals surface area (Å²) in [6.07, 6.45) is 0. The Balaban J connectivity index is 3.04. The molecule has 0 aliphatic carbocycles. The molecule has 0 bridgehead atoms. The predicted molar refractivity (Wildman–Crippen MR) is 44.7 cm³/mol. The second-order valence-electron chi connectivity index (χ2n) is 1.07. The quantitative estimate of drug-likeness (QED) is 0.644. The van der Waals surface area contributed by atoms with E-state index in [4.69, 9.17) is 0 Å². The summed E-state index contributed by atoms with van der Waals surface area (Å²) in [5, 5.41) is 2.10. The molecule has 0 saturated heterocycles. The maximum absolute atomic E-state index is 3.35. The van der Waals surface area contributed by atoms with E-state index in [1.165, 1.54) is 7.36 Å². The average molecular weight is 289 g/mol. The van der Waals surface area contributed by atoms with Gasteiger partial charge in [-0.15, -0.1) is 11.3 Å². The Morgan fingerprint density at radius 2 is 2.43 bits per heavy atom. The van der Waals surface area contributed by atoms with Crippen LogP contribution in [0.5, 0.6) is 0 Å². The molecule has 0 fully saturated rings. The zero-order chi connectivity index (χ0) is 5.28. The van der Waals surface area contributed by atoms with Crippen LogP contribution in [0.1, 0.15) is 0 Å². The molecular weight excluding hydrogens is 287 g/mol. The molecule has 0 unspecified atom stereocenters. The largest absolute Gasteiger partial charge is 0.136 e. The van der Waals surface area contributed by atoms with Crippen molar-refractivity contribution in [1.29, 1.82) is 0 Å². The Hall–Kier alpha value is 0.910. The minimum atomic E-state index is 1.21. The van der Waals surface area contributed by atoms with Crippen LogP contribution in [0.4, 0.5) is 0 Å². The molecule has 3 heteroatoms. The van der Waals surface area contributed by atoms with E-state index in [0.717, 1.165) is 0 Å². The Kier molecular flexibility index (Phi) is 2.12. The van der Waals surface area contributed by atoms with Crippen molar-refractivity contribution in [1.82, 2.24) is 0 Å². The van der Waals surface area contributed by atoms with Gasteiger partial charge in [-0.1, -0.05) is 0 Å². The van der Waals surface area contributed by atoms with Gasteiger partial charge in [0, 0.05) is 8.95 Å². The topological polar surface area (TPSA) is 0 Å². The van der Waals surface area contributed by atoms with Gasteiger partial charge in [-0.2, -0.15) is 0 Å². The maximum Gasteiger partial charge on any atom is 0.0709 e. The van der Waals surface area contributed by atoms with Gasteiger partial charge in [0.2, 0.25) is 0 Å². The number of hydrogen-bond acceptors (Lipinski definition) is 1. The molecule has 0 nitrogen and oxygen atoms in total. The lowest BCUT2D eigenvalue weighted by molar-refractivity contribution is 1.86. The molecule has 0 aromatic carbocycles. The van der Waals surface area contributed by atoms with E-state index in [9.17, 15) is 0 Å². The summed E-state index contributed by atoms with van der Waals surface area (Å²) in [6, 6.07) is 2.09. The van der Waals surface area contributed by atoms with Crippen LogP contribution in [0.3, 0.4) is 0 Å². The van der Waals surface area contributed by atoms with Gasteiger partial charge in [0.25, 0.3) is 0 Å². The highest BCUT2D eigenvalue weighted by atomic mass is 127. The minimum absolute atomic E-state index is 1.21. The molecule has 38 valence electrons. The van der Waals surface area contributed by atoms with Crippen LogP contribution in [0.15, 0.2) is 15.2 Å². The molecule has 1 aromatic heterocycles. The van der Waals surface area contributed by atoms with Crippen LogP contribution in [0, 0.1) is 3.57 Å². The summed E-state index contributed by atoms with van der Waals surface area (Å²) < 4.78 is 2.51. The Morgan fingerprint density at radius 3 is 2.57 bits per heavy atom. The van der Waals surface area contributed by atoms with Gasteiger partial charge in [-0.05, 0) is 44.6 Å². The van der Waals surface area contributed by atoms with E-state index in [1.807, 2.05) is 0 Å². The molecule has 1 heterocycles. The third-order valence-corrected chi connectivity index (χ3v) is 3.09. The summed E-state index contributed by atoms with van der Waals surface area (Å²) in [5.41, 5.74) is 0. The number of hydrogen-bond donors (Lipinski definition) is 0. The van der Waals surface area contributed by atoms with E-state index in [-0.39, 0.29) is 0 Å². The first-order valence-electron chi connectivity index (χ1n) is 1.68. The van der Waals surface area contributed by atoms with Crippen molar-refractivity contribution in [3.8, 4) is 0 Å². The van der Waals surface area contributed by atoms with Crippen molar-refractivity contribution in [2.45, 2.75) is 0 Å². The van der Waals surface area contributed by atoms with Crippen molar-refractivity contribution in [3.63, 3.8) is 0 Å². The third-order valence-electron chi connectivity index (χ3n) is 0.535. The monoisotopic (exact) mass is 288 g/mol. The van der Waals surface area contributed by atoms with Crippen LogP contribution in [-0.2, 0) is 0 Å². The Bertz CT molecular complexity index is 144. The van der Waals surface area contributed by atoms with Crippen LogP contribution in [0.2, 0.25) is 0 Å². The standard InChI is InChI=1S/C4H2BrIS/c5-4-1-3(6)2-7-4/h1-2H. The number of thiophene rings is 1. The first-order chi connectivity index (χ1) is 3.29. The molecule has 0 spiro atoms. The molecular formula is C4H2BrIS. The highest BCUT2D eigenvalue weighted by Crippen LogP contribution is 2.21. The minimum Gasteiger partial charge on any atom is -0.136 e. The highest BCUT2D eigenvalue weighted by molar-refractivity contribution is 14.1. The SMILES string of the molecule is Brc1cc(I)cs1. The van der Waals surface area contributed by atoms with Crippen molar-refractivity contribution >= 4 is 49.9 Å². The molecule has 1 aromatic rings. The number of rotatable bonds is 0. The average Bonchev–Trinajstić information content (AvgIpc) is 1.87. The summed E-state index contributed by atoms with van der Waals surface area (Å²) in [6.45, 7) is 0. The van der Waals surface area contributed by atoms with Crippen LogP contribution >= 0.6 is 49.9 Å². The van der Waals surface area contributed by atoms with Crippen LogP contribution in [0.25, 0.3) is 0 Å². The van der Waals surface area contributed by atoms with Gasteiger partial charge in [-0.3, -0.25) is 0 Å². The maximum atomic E-state index is 3.35. The molecule has 0 amide bonds. The lowest BCUT2D eigenvalue weighted by atomic mass is 10.7. The van der Waals surface area contributed by atoms with E-state index >= 15 is 0 Å². The second-order valence-corrected chi connectivity index (χ2v) is 4.61. The molecule has 0 N–H and O–H groups in total. The van der Waals surface area contributed by atoms with Crippen molar-refractivity contribution in [3.05, 3.63) is 18.8 Å². The third kappa shape index (κ3) is 1.70. The fourth-order valence-electron chi connectivity index (χ4n) is 0.289. The van der Waals surface area contributed by atoms with Crippen LogP contribution in [-0.4, -0.2) is 0 Å². The van der Waals surface area contributed by atoms with Gasteiger partial charge in [-0.25, -0.2) is 0 Å².